The summed E-state index contributed by atoms with van der Waals surface area (Å²) >= 11 is 12.2. The average Bonchev–Trinajstić information content (AvgIpc) is 2.67. The minimum Gasteiger partial charge on any atom is -0.344 e. The van der Waals surface area contributed by atoms with E-state index in [1.54, 1.807) is 25.1 Å². The SMILES string of the molecule is CC1O[C@H](c2c(Cl)cccc2Cl)[C@@H](COS(N)(=O)=O)O1. The molecule has 0 saturated carbocycles. The van der Waals surface area contributed by atoms with E-state index in [1.807, 2.05) is 0 Å². The second-order valence-corrected chi connectivity index (χ2v) is 6.25. The van der Waals surface area contributed by atoms with Crippen LogP contribution in [0, 0.1) is 0 Å². The van der Waals surface area contributed by atoms with Gasteiger partial charge in [0.1, 0.15) is 12.2 Å². The van der Waals surface area contributed by atoms with Crippen LogP contribution in [0.5, 0.6) is 0 Å². The lowest BCUT2D eigenvalue weighted by atomic mass is 10.0. The second kappa shape index (κ2) is 6.15. The molecule has 1 fully saturated rings. The van der Waals surface area contributed by atoms with Gasteiger partial charge in [-0.15, -0.1) is 0 Å². The number of ether oxygens (including phenoxy) is 2. The molecule has 1 saturated heterocycles. The minimum absolute atomic E-state index is 0.282. The first-order chi connectivity index (χ1) is 9.28. The van der Waals surface area contributed by atoms with Crippen molar-refractivity contribution >= 4 is 33.5 Å². The molecular weight excluding hydrogens is 329 g/mol. The highest BCUT2D eigenvalue weighted by Gasteiger charge is 2.38. The zero-order valence-corrected chi connectivity index (χ0v) is 12.8. The van der Waals surface area contributed by atoms with Gasteiger partial charge in [0, 0.05) is 15.6 Å². The second-order valence-electron chi connectivity index (χ2n) is 4.21. The number of halogens is 2. The van der Waals surface area contributed by atoms with Crippen LogP contribution in [0.2, 0.25) is 10.0 Å². The van der Waals surface area contributed by atoms with Crippen molar-refractivity contribution < 1.29 is 22.1 Å². The highest BCUT2D eigenvalue weighted by atomic mass is 35.5. The van der Waals surface area contributed by atoms with Gasteiger partial charge in [0.2, 0.25) is 0 Å². The summed E-state index contributed by atoms with van der Waals surface area (Å²) in [5.74, 6) is 0. The average molecular weight is 342 g/mol. The fourth-order valence-electron chi connectivity index (χ4n) is 1.97. The highest BCUT2D eigenvalue weighted by molar-refractivity contribution is 7.84. The standard InChI is InChI=1S/C11H13Cl2NO5S/c1-6-18-9(5-17-20(14,15)16)11(19-6)10-7(12)3-2-4-8(10)13/h2-4,6,9,11H,5H2,1H3,(H2,14,15,16)/t6?,9-,11+/m1/s1. The quantitative estimate of drug-likeness (QED) is 0.904. The molecule has 3 atom stereocenters. The zero-order chi connectivity index (χ0) is 14.9. The first-order valence-corrected chi connectivity index (χ1v) is 7.92. The predicted molar refractivity (Wildman–Crippen MR) is 73.7 cm³/mol. The van der Waals surface area contributed by atoms with Crippen LogP contribution in [-0.2, 0) is 24.0 Å². The van der Waals surface area contributed by atoms with Crippen LogP contribution in [-0.4, -0.2) is 27.4 Å². The lowest BCUT2D eigenvalue weighted by molar-refractivity contribution is -0.0549. The van der Waals surface area contributed by atoms with E-state index in [0.29, 0.717) is 15.6 Å². The van der Waals surface area contributed by atoms with Gasteiger partial charge in [0.25, 0.3) is 0 Å². The zero-order valence-electron chi connectivity index (χ0n) is 10.5. The predicted octanol–water partition coefficient (Wildman–Crippen LogP) is 2.02. The summed E-state index contributed by atoms with van der Waals surface area (Å²) < 4.78 is 37.3. The van der Waals surface area contributed by atoms with Crippen molar-refractivity contribution in [2.75, 3.05) is 6.61 Å². The van der Waals surface area contributed by atoms with Crippen molar-refractivity contribution in [1.82, 2.24) is 0 Å². The molecule has 1 aliphatic heterocycles. The third-order valence-corrected chi connectivity index (χ3v) is 3.85. The summed E-state index contributed by atoms with van der Waals surface area (Å²) in [7, 11) is -4.06. The highest BCUT2D eigenvalue weighted by Crippen LogP contribution is 2.40. The molecule has 6 nitrogen and oxygen atoms in total. The van der Waals surface area contributed by atoms with E-state index in [-0.39, 0.29) is 6.61 Å². The maximum absolute atomic E-state index is 10.9. The molecule has 0 amide bonds. The molecule has 1 heterocycles. The number of rotatable bonds is 4. The molecule has 1 unspecified atom stereocenters. The molecule has 0 bridgehead atoms. The first kappa shape index (κ1) is 16.0. The summed E-state index contributed by atoms with van der Waals surface area (Å²) in [6.07, 6.45) is -1.85. The summed E-state index contributed by atoms with van der Waals surface area (Å²) in [5, 5.41) is 5.60. The Balaban J connectivity index is 2.24. The molecule has 0 radical (unpaired) electrons. The molecule has 0 aliphatic carbocycles. The third-order valence-electron chi connectivity index (χ3n) is 2.72. The van der Waals surface area contributed by atoms with Crippen LogP contribution in [0.1, 0.15) is 18.6 Å². The molecule has 20 heavy (non-hydrogen) atoms. The van der Waals surface area contributed by atoms with E-state index in [0.717, 1.165) is 0 Å². The normalized spacial score (nSPS) is 26.9. The van der Waals surface area contributed by atoms with Crippen molar-refractivity contribution in [1.29, 1.82) is 0 Å². The van der Waals surface area contributed by atoms with Crippen LogP contribution in [0.15, 0.2) is 18.2 Å². The summed E-state index contributed by atoms with van der Waals surface area (Å²) in [5.41, 5.74) is 0.531. The van der Waals surface area contributed by atoms with Gasteiger partial charge in [-0.3, -0.25) is 4.18 Å². The third kappa shape index (κ3) is 3.82. The largest absolute Gasteiger partial charge is 0.344 e. The van der Waals surface area contributed by atoms with Crippen LogP contribution < -0.4 is 5.14 Å². The lowest BCUT2D eigenvalue weighted by Crippen LogP contribution is -2.27. The van der Waals surface area contributed by atoms with Crippen molar-refractivity contribution in [3.05, 3.63) is 33.8 Å². The molecule has 0 aromatic heterocycles. The van der Waals surface area contributed by atoms with Gasteiger partial charge in [-0.05, 0) is 19.1 Å². The lowest BCUT2D eigenvalue weighted by Gasteiger charge is -2.18. The van der Waals surface area contributed by atoms with Gasteiger partial charge in [0.05, 0.1) is 6.61 Å². The molecule has 112 valence electrons. The molecule has 2 rings (SSSR count). The van der Waals surface area contributed by atoms with E-state index in [2.05, 4.69) is 4.18 Å². The van der Waals surface area contributed by atoms with Gasteiger partial charge in [0.15, 0.2) is 6.29 Å². The fraction of sp³-hybridized carbons (Fsp3) is 0.455. The van der Waals surface area contributed by atoms with Crippen LogP contribution in [0.4, 0.5) is 0 Å². The minimum atomic E-state index is -4.06. The van der Waals surface area contributed by atoms with Crippen molar-refractivity contribution in [3.63, 3.8) is 0 Å². The first-order valence-electron chi connectivity index (χ1n) is 5.70. The summed E-state index contributed by atoms with van der Waals surface area (Å²) in [6, 6.07) is 5.02. The van der Waals surface area contributed by atoms with Gasteiger partial charge in [-0.1, -0.05) is 29.3 Å². The summed E-state index contributed by atoms with van der Waals surface area (Å²) in [4.78, 5) is 0. The van der Waals surface area contributed by atoms with E-state index in [1.165, 1.54) is 0 Å². The Kier molecular flexibility index (Phi) is 4.91. The maximum atomic E-state index is 10.9. The molecule has 9 heteroatoms. The van der Waals surface area contributed by atoms with Crippen LogP contribution in [0.3, 0.4) is 0 Å². The van der Waals surface area contributed by atoms with Crippen molar-refractivity contribution in [2.45, 2.75) is 25.4 Å². The number of hydrogen-bond donors (Lipinski definition) is 1. The monoisotopic (exact) mass is 341 g/mol. The molecule has 2 N–H and O–H groups in total. The van der Waals surface area contributed by atoms with E-state index < -0.39 is 28.8 Å². The van der Waals surface area contributed by atoms with Crippen LogP contribution >= 0.6 is 23.2 Å². The number of nitrogens with two attached hydrogens (primary N) is 1. The Morgan fingerprint density at radius 1 is 1.30 bits per heavy atom. The van der Waals surface area contributed by atoms with Crippen molar-refractivity contribution in [2.24, 2.45) is 5.14 Å². The van der Waals surface area contributed by atoms with Gasteiger partial charge >= 0.3 is 10.3 Å². The molecular formula is C11H13Cl2NO5S. The Bertz CT molecular complexity index is 574. The van der Waals surface area contributed by atoms with Gasteiger partial charge < -0.3 is 9.47 Å². The van der Waals surface area contributed by atoms with E-state index >= 15 is 0 Å². The topological polar surface area (TPSA) is 87.9 Å². The smallest absolute Gasteiger partial charge is 0.333 e. The number of hydrogen-bond acceptors (Lipinski definition) is 5. The summed E-state index contributed by atoms with van der Waals surface area (Å²) in [6.45, 7) is 1.39. The van der Waals surface area contributed by atoms with Gasteiger partial charge in [-0.25, -0.2) is 5.14 Å². The molecule has 1 aromatic rings. The molecule has 0 spiro atoms. The Morgan fingerprint density at radius 3 is 2.45 bits per heavy atom. The van der Waals surface area contributed by atoms with Crippen LogP contribution in [0.25, 0.3) is 0 Å². The Hall–Kier alpha value is -0.410. The van der Waals surface area contributed by atoms with Crippen molar-refractivity contribution in [3.8, 4) is 0 Å². The molecule has 1 aliphatic rings. The fourth-order valence-corrected chi connectivity index (χ4v) is 2.91. The molecule has 1 aromatic carbocycles. The number of benzene rings is 1. The Morgan fingerprint density at radius 2 is 1.90 bits per heavy atom. The van der Waals surface area contributed by atoms with E-state index in [9.17, 15) is 8.42 Å². The Labute approximate surface area is 127 Å². The maximum Gasteiger partial charge on any atom is 0.333 e. The van der Waals surface area contributed by atoms with E-state index in [4.69, 9.17) is 37.8 Å². The van der Waals surface area contributed by atoms with Gasteiger partial charge in [-0.2, -0.15) is 8.42 Å².